The molecule has 1 amide bonds. The number of aromatic nitrogens is 1. The molecule has 0 aliphatic rings. The first-order valence-electron chi connectivity index (χ1n) is 7.04. The number of thiazole rings is 1. The zero-order chi connectivity index (χ0) is 15.7. The Kier molecular flexibility index (Phi) is 7.78. The van der Waals surface area contributed by atoms with Crippen molar-refractivity contribution in [3.05, 3.63) is 17.5 Å². The van der Waals surface area contributed by atoms with Crippen molar-refractivity contribution in [2.24, 2.45) is 0 Å². The molecule has 0 radical (unpaired) electrons. The Hall–Kier alpha value is -1.60. The molecule has 0 bridgehead atoms. The molecule has 3 N–H and O–H groups in total. The van der Waals surface area contributed by atoms with Gasteiger partial charge in [0.2, 0.25) is 0 Å². The molecule has 0 saturated heterocycles. The second-order valence-electron chi connectivity index (χ2n) is 4.58. The maximum Gasteiger partial charge on any atom is 0.265 e. The van der Waals surface area contributed by atoms with Gasteiger partial charge in [-0.25, -0.2) is 4.98 Å². The van der Waals surface area contributed by atoms with Crippen LogP contribution in [0.15, 0.2) is 12.7 Å². The van der Waals surface area contributed by atoms with Gasteiger partial charge >= 0.3 is 0 Å². The van der Waals surface area contributed by atoms with E-state index in [1.54, 1.807) is 6.08 Å². The highest BCUT2D eigenvalue weighted by atomic mass is 32.1. The van der Waals surface area contributed by atoms with Gasteiger partial charge in [-0.3, -0.25) is 4.79 Å². The van der Waals surface area contributed by atoms with E-state index in [1.165, 1.54) is 11.3 Å². The van der Waals surface area contributed by atoms with Crippen LogP contribution in [0.25, 0.3) is 0 Å². The molecule has 0 aromatic carbocycles. The van der Waals surface area contributed by atoms with E-state index in [4.69, 9.17) is 10.5 Å². The monoisotopic (exact) mass is 312 g/mol. The van der Waals surface area contributed by atoms with Crippen LogP contribution >= 0.6 is 11.3 Å². The van der Waals surface area contributed by atoms with E-state index in [1.807, 2.05) is 11.9 Å². The molecule has 118 valence electrons. The number of nitrogens with two attached hydrogens (primary N) is 1. The molecule has 0 atom stereocenters. The minimum atomic E-state index is -0.200. The predicted molar refractivity (Wildman–Crippen MR) is 88.1 cm³/mol. The minimum Gasteiger partial charge on any atom is -0.382 e. The minimum absolute atomic E-state index is 0.200. The van der Waals surface area contributed by atoms with Crippen LogP contribution in [0.2, 0.25) is 0 Å². The van der Waals surface area contributed by atoms with Crippen molar-refractivity contribution in [2.75, 3.05) is 44.0 Å². The van der Waals surface area contributed by atoms with Gasteiger partial charge in [-0.15, -0.1) is 6.58 Å². The molecule has 0 saturated carbocycles. The van der Waals surface area contributed by atoms with Gasteiger partial charge in [-0.2, -0.15) is 0 Å². The number of nitrogens with one attached hydrogen (secondary N) is 1. The van der Waals surface area contributed by atoms with Gasteiger partial charge in [0, 0.05) is 20.1 Å². The van der Waals surface area contributed by atoms with Gasteiger partial charge in [-0.1, -0.05) is 24.3 Å². The van der Waals surface area contributed by atoms with Crippen LogP contribution in [0.5, 0.6) is 0 Å². The predicted octanol–water partition coefficient (Wildman–Crippen LogP) is 1.89. The molecule has 1 aromatic rings. The summed E-state index contributed by atoms with van der Waals surface area (Å²) in [5, 5.41) is 3.55. The van der Waals surface area contributed by atoms with Gasteiger partial charge in [0.25, 0.3) is 5.91 Å². The third kappa shape index (κ3) is 5.73. The normalized spacial score (nSPS) is 10.4. The van der Waals surface area contributed by atoms with E-state index < -0.39 is 0 Å². The Bertz CT molecular complexity index is 462. The highest BCUT2D eigenvalue weighted by molar-refractivity contribution is 7.18. The lowest BCUT2D eigenvalue weighted by molar-refractivity contribution is 0.0922. The van der Waals surface area contributed by atoms with E-state index in [2.05, 4.69) is 23.8 Å². The number of hydrogen-bond donors (Lipinski definition) is 2. The van der Waals surface area contributed by atoms with E-state index in [9.17, 15) is 4.79 Å². The fourth-order valence-electron chi connectivity index (χ4n) is 1.66. The molecule has 7 heteroatoms. The molecule has 1 heterocycles. The summed E-state index contributed by atoms with van der Waals surface area (Å²) in [5.41, 5.74) is 5.82. The molecule has 0 aliphatic carbocycles. The van der Waals surface area contributed by atoms with Gasteiger partial charge < -0.3 is 20.7 Å². The standard InChI is InChI=1S/C14H24N4O2S/c1-4-6-9-20-10-7-16-13(19)11-12(15)17-14(21-11)18(3)8-5-2/h4H,1,5-10,15H2,2-3H3,(H,16,19). The van der Waals surface area contributed by atoms with Crippen LogP contribution < -0.4 is 16.0 Å². The quantitative estimate of drug-likeness (QED) is 0.509. The Balaban J connectivity index is 2.45. The van der Waals surface area contributed by atoms with Crippen molar-refractivity contribution in [1.29, 1.82) is 0 Å². The topological polar surface area (TPSA) is 80.5 Å². The summed E-state index contributed by atoms with van der Waals surface area (Å²) in [6, 6.07) is 0. The van der Waals surface area contributed by atoms with Gasteiger partial charge in [0.15, 0.2) is 5.13 Å². The number of rotatable bonds is 10. The van der Waals surface area contributed by atoms with Crippen molar-refractivity contribution in [2.45, 2.75) is 19.8 Å². The SMILES string of the molecule is C=CCCOCCNC(=O)c1sc(N(C)CCC)nc1N. The molecular formula is C14H24N4O2S. The Morgan fingerprint density at radius 1 is 1.57 bits per heavy atom. The highest BCUT2D eigenvalue weighted by Crippen LogP contribution is 2.27. The molecule has 1 aromatic heterocycles. The molecule has 6 nitrogen and oxygen atoms in total. The van der Waals surface area contributed by atoms with Crippen molar-refractivity contribution in [1.82, 2.24) is 10.3 Å². The average molecular weight is 312 g/mol. The Labute approximate surface area is 130 Å². The smallest absolute Gasteiger partial charge is 0.265 e. The van der Waals surface area contributed by atoms with Crippen LogP contribution in [0, 0.1) is 0 Å². The van der Waals surface area contributed by atoms with Gasteiger partial charge in [0.1, 0.15) is 10.7 Å². The average Bonchev–Trinajstić information content (AvgIpc) is 2.85. The molecule has 0 aliphatic heterocycles. The molecule has 0 unspecified atom stereocenters. The molecular weight excluding hydrogens is 288 g/mol. The number of anilines is 2. The van der Waals surface area contributed by atoms with E-state index in [0.717, 1.165) is 24.5 Å². The summed E-state index contributed by atoms with van der Waals surface area (Å²) in [6.07, 6.45) is 3.62. The summed E-state index contributed by atoms with van der Waals surface area (Å²) in [6.45, 7) is 8.13. The van der Waals surface area contributed by atoms with Crippen LogP contribution in [-0.4, -0.2) is 44.2 Å². The van der Waals surface area contributed by atoms with E-state index in [0.29, 0.717) is 24.6 Å². The van der Waals surface area contributed by atoms with Gasteiger partial charge in [0.05, 0.1) is 13.2 Å². The lowest BCUT2D eigenvalue weighted by Gasteiger charge is -2.13. The third-order valence-electron chi connectivity index (χ3n) is 2.73. The van der Waals surface area contributed by atoms with E-state index in [-0.39, 0.29) is 11.7 Å². The maximum absolute atomic E-state index is 12.0. The summed E-state index contributed by atoms with van der Waals surface area (Å²) >= 11 is 1.31. The summed E-state index contributed by atoms with van der Waals surface area (Å²) in [5.74, 6) is 0.0801. The Morgan fingerprint density at radius 3 is 3.00 bits per heavy atom. The fraction of sp³-hybridized carbons (Fsp3) is 0.571. The lowest BCUT2D eigenvalue weighted by atomic mass is 10.4. The number of ether oxygens (including phenoxy) is 1. The number of hydrogen-bond acceptors (Lipinski definition) is 6. The van der Waals surface area contributed by atoms with Crippen LogP contribution in [-0.2, 0) is 4.74 Å². The summed E-state index contributed by atoms with van der Waals surface area (Å²) in [7, 11) is 1.94. The van der Waals surface area contributed by atoms with Crippen LogP contribution in [0.3, 0.4) is 0 Å². The van der Waals surface area contributed by atoms with E-state index >= 15 is 0 Å². The van der Waals surface area contributed by atoms with Crippen molar-refractivity contribution < 1.29 is 9.53 Å². The zero-order valence-corrected chi connectivity index (χ0v) is 13.5. The lowest BCUT2D eigenvalue weighted by Crippen LogP contribution is -2.27. The molecule has 21 heavy (non-hydrogen) atoms. The largest absolute Gasteiger partial charge is 0.382 e. The number of amides is 1. The summed E-state index contributed by atoms with van der Waals surface area (Å²) < 4.78 is 5.33. The van der Waals surface area contributed by atoms with Crippen molar-refractivity contribution in [3.63, 3.8) is 0 Å². The number of carbonyl (C=O) groups is 1. The first-order chi connectivity index (χ1) is 10.1. The fourth-order valence-corrected chi connectivity index (χ4v) is 2.55. The number of carbonyl (C=O) groups excluding carboxylic acids is 1. The second kappa shape index (κ2) is 9.36. The van der Waals surface area contributed by atoms with Crippen LogP contribution in [0.1, 0.15) is 29.4 Å². The highest BCUT2D eigenvalue weighted by Gasteiger charge is 2.17. The third-order valence-corrected chi connectivity index (χ3v) is 3.92. The van der Waals surface area contributed by atoms with Crippen LogP contribution in [0.4, 0.5) is 10.9 Å². The molecule has 0 fully saturated rings. The van der Waals surface area contributed by atoms with Crippen molar-refractivity contribution >= 4 is 28.2 Å². The second-order valence-corrected chi connectivity index (χ2v) is 5.56. The number of nitrogen functional groups attached to an aromatic ring is 1. The zero-order valence-electron chi connectivity index (χ0n) is 12.7. The molecule has 1 rings (SSSR count). The Morgan fingerprint density at radius 2 is 2.33 bits per heavy atom. The van der Waals surface area contributed by atoms with Crippen molar-refractivity contribution in [3.8, 4) is 0 Å². The summed E-state index contributed by atoms with van der Waals surface area (Å²) in [4.78, 5) is 18.7. The first-order valence-corrected chi connectivity index (χ1v) is 7.86. The van der Waals surface area contributed by atoms with Gasteiger partial charge in [-0.05, 0) is 12.8 Å². The number of nitrogens with zero attached hydrogens (tertiary/aromatic N) is 2. The molecule has 0 spiro atoms. The first kappa shape index (κ1) is 17.5. The maximum atomic E-state index is 12.0.